The van der Waals surface area contributed by atoms with Gasteiger partial charge in [0.25, 0.3) is 0 Å². The van der Waals surface area contributed by atoms with Gasteiger partial charge in [-0.25, -0.2) is 0 Å². The Morgan fingerprint density at radius 2 is 1.33 bits per heavy atom. The van der Waals surface area contributed by atoms with Crippen molar-refractivity contribution in [1.29, 1.82) is 0 Å². The van der Waals surface area contributed by atoms with Gasteiger partial charge in [0.1, 0.15) is 5.75 Å². The Morgan fingerprint density at radius 3 is 1.73 bits per heavy atom. The van der Waals surface area contributed by atoms with Gasteiger partial charge in [-0.1, -0.05) is 0 Å². The summed E-state index contributed by atoms with van der Waals surface area (Å²) in [6, 6.07) is 0. The average molecular weight is 236 g/mol. The standard InChI is InChI=1S/C7H8O7S/c1-2-3(8)5(10)6(11)7(4(2)9)15(12,13)14/h8-11H,1H3,(H,12,13,14). The molecule has 0 spiro atoms. The highest BCUT2D eigenvalue weighted by molar-refractivity contribution is 7.86. The first-order valence-electron chi connectivity index (χ1n) is 3.61. The fourth-order valence-electron chi connectivity index (χ4n) is 1.04. The van der Waals surface area contributed by atoms with Crippen molar-refractivity contribution in [2.24, 2.45) is 0 Å². The zero-order valence-electron chi connectivity index (χ0n) is 7.46. The van der Waals surface area contributed by atoms with Crippen molar-refractivity contribution >= 4 is 10.1 Å². The van der Waals surface area contributed by atoms with Gasteiger partial charge in [0.2, 0.25) is 5.75 Å². The van der Waals surface area contributed by atoms with Crippen LogP contribution < -0.4 is 0 Å². The molecule has 0 atom stereocenters. The van der Waals surface area contributed by atoms with E-state index >= 15 is 0 Å². The van der Waals surface area contributed by atoms with Gasteiger partial charge >= 0.3 is 10.1 Å². The molecule has 0 aliphatic carbocycles. The monoisotopic (exact) mass is 236 g/mol. The van der Waals surface area contributed by atoms with Crippen LogP contribution in [0.15, 0.2) is 4.90 Å². The lowest BCUT2D eigenvalue weighted by atomic mass is 10.1. The van der Waals surface area contributed by atoms with Crippen LogP contribution in [0.2, 0.25) is 0 Å². The molecule has 8 heteroatoms. The molecule has 0 fully saturated rings. The minimum atomic E-state index is -4.90. The molecule has 1 aromatic rings. The second-order valence-corrected chi connectivity index (χ2v) is 4.18. The van der Waals surface area contributed by atoms with Crippen molar-refractivity contribution in [2.75, 3.05) is 0 Å². The highest BCUT2D eigenvalue weighted by Crippen LogP contribution is 2.47. The van der Waals surface area contributed by atoms with E-state index in [1.165, 1.54) is 0 Å². The molecule has 7 nitrogen and oxygen atoms in total. The quantitative estimate of drug-likeness (QED) is 0.264. The van der Waals surface area contributed by atoms with Gasteiger partial charge < -0.3 is 20.4 Å². The molecular formula is C7H8O7S. The van der Waals surface area contributed by atoms with Gasteiger partial charge in [-0.15, -0.1) is 0 Å². The van der Waals surface area contributed by atoms with E-state index in [0.29, 0.717) is 0 Å². The Balaban J connectivity index is 3.84. The molecule has 0 amide bonds. The van der Waals surface area contributed by atoms with Gasteiger partial charge in [-0.05, 0) is 6.92 Å². The molecule has 0 saturated heterocycles. The van der Waals surface area contributed by atoms with E-state index in [1.54, 1.807) is 0 Å². The minimum Gasteiger partial charge on any atom is -0.506 e. The van der Waals surface area contributed by atoms with E-state index in [1.807, 2.05) is 0 Å². The van der Waals surface area contributed by atoms with Crippen molar-refractivity contribution in [3.05, 3.63) is 5.56 Å². The summed E-state index contributed by atoms with van der Waals surface area (Å²) in [6.07, 6.45) is 0. The molecule has 0 bridgehead atoms. The third kappa shape index (κ3) is 1.64. The number of phenolic OH excluding ortho intramolecular Hbond substituents is 4. The van der Waals surface area contributed by atoms with Crippen molar-refractivity contribution in [1.82, 2.24) is 0 Å². The minimum absolute atomic E-state index is 0.377. The SMILES string of the molecule is Cc1c(O)c(O)c(O)c(S(=O)(=O)O)c1O. The Bertz CT molecular complexity index is 488. The zero-order valence-corrected chi connectivity index (χ0v) is 8.28. The molecule has 5 N–H and O–H groups in total. The fourth-order valence-corrected chi connectivity index (χ4v) is 1.77. The van der Waals surface area contributed by atoms with E-state index in [0.717, 1.165) is 6.92 Å². The third-order valence-corrected chi connectivity index (χ3v) is 2.75. The second-order valence-electron chi connectivity index (χ2n) is 2.82. The molecular weight excluding hydrogens is 228 g/mol. The van der Waals surface area contributed by atoms with Crippen LogP contribution in [0, 0.1) is 6.92 Å². The summed E-state index contributed by atoms with van der Waals surface area (Å²) in [5, 5.41) is 36.5. The van der Waals surface area contributed by atoms with Gasteiger partial charge in [0.15, 0.2) is 16.4 Å². The van der Waals surface area contributed by atoms with Crippen molar-refractivity contribution in [2.45, 2.75) is 11.8 Å². The summed E-state index contributed by atoms with van der Waals surface area (Å²) in [5.41, 5.74) is -0.377. The topological polar surface area (TPSA) is 135 Å². The molecule has 0 saturated carbocycles. The second kappa shape index (κ2) is 3.17. The Morgan fingerprint density at radius 1 is 0.867 bits per heavy atom. The largest absolute Gasteiger partial charge is 0.506 e. The van der Waals surface area contributed by atoms with E-state index in [4.69, 9.17) is 19.9 Å². The summed E-state index contributed by atoms with van der Waals surface area (Å²) in [7, 11) is -4.90. The Labute approximate surface area is 84.6 Å². The maximum absolute atomic E-state index is 10.7. The first-order valence-corrected chi connectivity index (χ1v) is 5.05. The van der Waals surface area contributed by atoms with E-state index < -0.39 is 38.0 Å². The van der Waals surface area contributed by atoms with Crippen LogP contribution in [0.1, 0.15) is 5.56 Å². The summed E-state index contributed by atoms with van der Waals surface area (Å²) in [4.78, 5) is -1.24. The lowest BCUT2D eigenvalue weighted by molar-refractivity contribution is 0.343. The normalized spacial score (nSPS) is 11.6. The van der Waals surface area contributed by atoms with E-state index in [-0.39, 0.29) is 5.56 Å². The molecule has 1 aromatic carbocycles. The fraction of sp³-hybridized carbons (Fsp3) is 0.143. The first-order chi connectivity index (χ1) is 6.68. The molecule has 0 aliphatic heterocycles. The highest BCUT2D eigenvalue weighted by Gasteiger charge is 2.28. The molecule has 0 aliphatic rings. The molecule has 0 heterocycles. The van der Waals surface area contributed by atoms with Gasteiger partial charge in [0, 0.05) is 5.56 Å². The zero-order chi connectivity index (χ0) is 12.0. The predicted octanol–water partition coefficient (Wildman–Crippen LogP) is 0.0641. The number of aromatic hydroxyl groups is 4. The van der Waals surface area contributed by atoms with Crippen LogP contribution in [0.25, 0.3) is 0 Å². The molecule has 0 radical (unpaired) electrons. The van der Waals surface area contributed by atoms with Crippen LogP contribution >= 0.6 is 0 Å². The van der Waals surface area contributed by atoms with E-state index in [9.17, 15) is 13.5 Å². The molecule has 0 unspecified atom stereocenters. The number of hydrogen-bond donors (Lipinski definition) is 5. The van der Waals surface area contributed by atoms with Crippen molar-refractivity contribution in [3.63, 3.8) is 0 Å². The van der Waals surface area contributed by atoms with E-state index in [2.05, 4.69) is 0 Å². The summed E-state index contributed by atoms with van der Waals surface area (Å²) < 4.78 is 30.1. The Kier molecular flexibility index (Phi) is 2.41. The van der Waals surface area contributed by atoms with Gasteiger partial charge in [-0.2, -0.15) is 8.42 Å². The van der Waals surface area contributed by atoms with Crippen molar-refractivity contribution < 1.29 is 33.4 Å². The van der Waals surface area contributed by atoms with Crippen LogP contribution in [0.5, 0.6) is 23.0 Å². The number of phenols is 4. The molecule has 15 heavy (non-hydrogen) atoms. The lowest BCUT2D eigenvalue weighted by Crippen LogP contribution is -2.00. The highest BCUT2D eigenvalue weighted by atomic mass is 32.2. The van der Waals surface area contributed by atoms with Crippen molar-refractivity contribution in [3.8, 4) is 23.0 Å². The van der Waals surface area contributed by atoms with Crippen LogP contribution in [0.4, 0.5) is 0 Å². The lowest BCUT2D eigenvalue weighted by Gasteiger charge is -2.10. The van der Waals surface area contributed by atoms with Crippen LogP contribution in [-0.4, -0.2) is 33.4 Å². The maximum atomic E-state index is 10.7. The first kappa shape index (κ1) is 11.4. The Hall–Kier alpha value is -1.67. The molecule has 84 valence electrons. The summed E-state index contributed by atoms with van der Waals surface area (Å²) in [5.74, 6) is -4.32. The molecule has 0 aromatic heterocycles. The van der Waals surface area contributed by atoms with Gasteiger partial charge in [0.05, 0.1) is 0 Å². The smallest absolute Gasteiger partial charge is 0.302 e. The number of rotatable bonds is 1. The number of benzene rings is 1. The third-order valence-electron chi connectivity index (χ3n) is 1.85. The van der Waals surface area contributed by atoms with Crippen LogP contribution in [-0.2, 0) is 10.1 Å². The number of hydrogen-bond acceptors (Lipinski definition) is 6. The average Bonchev–Trinajstić information content (AvgIpc) is 2.09. The van der Waals surface area contributed by atoms with Crippen LogP contribution in [0.3, 0.4) is 0 Å². The van der Waals surface area contributed by atoms with Gasteiger partial charge in [-0.3, -0.25) is 4.55 Å². The maximum Gasteiger partial charge on any atom is 0.302 e. The molecule has 1 rings (SSSR count). The summed E-state index contributed by atoms with van der Waals surface area (Å²) in [6.45, 7) is 1.10. The predicted molar refractivity (Wildman–Crippen MR) is 47.7 cm³/mol. The summed E-state index contributed by atoms with van der Waals surface area (Å²) >= 11 is 0.